The fourth-order valence-electron chi connectivity index (χ4n) is 6.20. The van der Waals surface area contributed by atoms with E-state index in [0.29, 0.717) is 30.1 Å². The summed E-state index contributed by atoms with van der Waals surface area (Å²) in [6, 6.07) is 20.6. The smallest absolute Gasteiger partial charge is 0.225 e. The molecule has 40 heavy (non-hydrogen) atoms. The summed E-state index contributed by atoms with van der Waals surface area (Å²) in [5.74, 6) is 1.29. The standard InChI is InChI=1S/C33H39N5O2/c1-38(32(40)25-8-5-9-25)27-16-10-22(11-17-27)20-30(39)35-29-21-28(23-6-3-2-4-7-23)31(37-36-29)24-12-14-26(15-13-24)33(34)18-19-33/h2-4,6-7,12-15,21-22,25,27H,5,8-11,16-20,34H2,1H3,(H,35,36,39)/t22-,27-. The molecule has 3 aromatic rings. The van der Waals surface area contributed by atoms with E-state index in [-0.39, 0.29) is 17.4 Å². The van der Waals surface area contributed by atoms with E-state index in [1.807, 2.05) is 48.3 Å². The first kappa shape index (κ1) is 26.6. The molecule has 3 aliphatic rings. The third-order valence-electron chi connectivity index (χ3n) is 9.31. The van der Waals surface area contributed by atoms with Gasteiger partial charge in [-0.3, -0.25) is 9.59 Å². The number of carbonyl (C=O) groups excluding carboxylic acids is 2. The maximum atomic E-state index is 13.0. The molecule has 7 nitrogen and oxygen atoms in total. The van der Waals surface area contributed by atoms with Crippen LogP contribution in [0.25, 0.3) is 22.4 Å². The van der Waals surface area contributed by atoms with Gasteiger partial charge in [0, 0.05) is 42.1 Å². The number of carbonyl (C=O) groups is 2. The van der Waals surface area contributed by atoms with Crippen LogP contribution in [0.2, 0.25) is 0 Å². The number of hydrogen-bond donors (Lipinski definition) is 2. The lowest BCUT2D eigenvalue weighted by atomic mass is 9.81. The van der Waals surface area contributed by atoms with Crippen LogP contribution in [0.3, 0.4) is 0 Å². The van der Waals surface area contributed by atoms with Crippen LogP contribution in [0.1, 0.15) is 69.8 Å². The molecule has 208 valence electrons. The van der Waals surface area contributed by atoms with Crippen LogP contribution in [-0.4, -0.2) is 40.0 Å². The lowest BCUT2D eigenvalue weighted by Gasteiger charge is -2.38. The molecule has 0 atom stereocenters. The molecule has 1 aromatic heterocycles. The third kappa shape index (κ3) is 5.66. The number of nitrogens with two attached hydrogens (primary N) is 1. The highest BCUT2D eigenvalue weighted by molar-refractivity contribution is 5.91. The van der Waals surface area contributed by atoms with Crippen molar-refractivity contribution in [3.05, 3.63) is 66.2 Å². The topological polar surface area (TPSA) is 101 Å². The number of amides is 2. The van der Waals surface area contributed by atoms with Crippen LogP contribution in [0.15, 0.2) is 60.7 Å². The van der Waals surface area contributed by atoms with Gasteiger partial charge >= 0.3 is 0 Å². The highest BCUT2D eigenvalue weighted by Crippen LogP contribution is 2.43. The van der Waals surface area contributed by atoms with Crippen molar-refractivity contribution in [1.82, 2.24) is 15.1 Å². The number of anilines is 1. The van der Waals surface area contributed by atoms with Crippen molar-refractivity contribution in [1.29, 1.82) is 0 Å². The Morgan fingerprint density at radius 2 is 1.62 bits per heavy atom. The first-order valence-corrected chi connectivity index (χ1v) is 14.8. The second kappa shape index (κ2) is 11.1. The van der Waals surface area contributed by atoms with Crippen molar-refractivity contribution in [2.45, 2.75) is 75.8 Å². The quantitative estimate of drug-likeness (QED) is 0.372. The molecule has 0 saturated heterocycles. The van der Waals surface area contributed by atoms with Crippen molar-refractivity contribution in [2.75, 3.05) is 12.4 Å². The zero-order chi connectivity index (χ0) is 27.7. The van der Waals surface area contributed by atoms with E-state index < -0.39 is 0 Å². The summed E-state index contributed by atoms with van der Waals surface area (Å²) in [5.41, 5.74) is 11.0. The van der Waals surface area contributed by atoms with Gasteiger partial charge in [0.1, 0.15) is 5.69 Å². The highest BCUT2D eigenvalue weighted by atomic mass is 16.2. The SMILES string of the molecule is CN(C(=O)C1CCC1)[C@H]1CC[C@H](CC(=O)Nc2cc(-c3ccccc3)c(-c3ccc(C4(N)CC4)cc3)nn2)CC1. The Bertz CT molecular complexity index is 1360. The molecule has 1 heterocycles. The fourth-order valence-corrected chi connectivity index (χ4v) is 6.20. The van der Waals surface area contributed by atoms with Gasteiger partial charge in [-0.05, 0) is 74.5 Å². The van der Waals surface area contributed by atoms with Crippen LogP contribution in [0, 0.1) is 11.8 Å². The Labute approximate surface area is 236 Å². The maximum absolute atomic E-state index is 13.0. The third-order valence-corrected chi connectivity index (χ3v) is 9.31. The molecule has 0 spiro atoms. The molecule has 3 fully saturated rings. The monoisotopic (exact) mass is 537 g/mol. The average Bonchev–Trinajstić information content (AvgIpc) is 3.71. The van der Waals surface area contributed by atoms with Crippen molar-refractivity contribution >= 4 is 17.6 Å². The Hall–Kier alpha value is -3.58. The summed E-state index contributed by atoms with van der Waals surface area (Å²) in [7, 11) is 1.96. The van der Waals surface area contributed by atoms with Crippen molar-refractivity contribution in [3.63, 3.8) is 0 Å². The average molecular weight is 538 g/mol. The highest BCUT2D eigenvalue weighted by Gasteiger charge is 2.39. The molecule has 2 aromatic carbocycles. The summed E-state index contributed by atoms with van der Waals surface area (Å²) in [6.07, 6.45) is 9.59. The van der Waals surface area contributed by atoms with Crippen LogP contribution in [0.5, 0.6) is 0 Å². The lowest BCUT2D eigenvalue weighted by molar-refractivity contribution is -0.139. The zero-order valence-electron chi connectivity index (χ0n) is 23.3. The van der Waals surface area contributed by atoms with Crippen molar-refractivity contribution < 1.29 is 9.59 Å². The van der Waals surface area contributed by atoms with Gasteiger partial charge in [0.15, 0.2) is 5.82 Å². The lowest BCUT2D eigenvalue weighted by Crippen LogP contribution is -2.44. The van der Waals surface area contributed by atoms with Crippen LogP contribution in [-0.2, 0) is 15.1 Å². The normalized spacial score (nSPS) is 21.8. The molecule has 0 aliphatic heterocycles. The molecular formula is C33H39N5O2. The van der Waals surface area contributed by atoms with Gasteiger partial charge in [-0.15, -0.1) is 10.2 Å². The Morgan fingerprint density at radius 1 is 0.925 bits per heavy atom. The molecule has 0 unspecified atom stereocenters. The minimum Gasteiger partial charge on any atom is -0.343 e. The number of nitrogens with one attached hydrogen (secondary N) is 1. The summed E-state index contributed by atoms with van der Waals surface area (Å²) in [6.45, 7) is 0. The molecule has 0 radical (unpaired) electrons. The molecule has 3 N–H and O–H groups in total. The Morgan fingerprint density at radius 3 is 2.25 bits per heavy atom. The maximum Gasteiger partial charge on any atom is 0.225 e. The van der Waals surface area contributed by atoms with E-state index in [1.165, 1.54) is 6.42 Å². The zero-order valence-corrected chi connectivity index (χ0v) is 23.3. The first-order chi connectivity index (χ1) is 19.4. The molecule has 7 heteroatoms. The van der Waals surface area contributed by atoms with E-state index in [0.717, 1.165) is 79.3 Å². The second-order valence-corrected chi connectivity index (χ2v) is 12.1. The van der Waals surface area contributed by atoms with Gasteiger partial charge in [-0.2, -0.15) is 0 Å². The van der Waals surface area contributed by atoms with Crippen molar-refractivity contribution in [3.8, 4) is 22.4 Å². The van der Waals surface area contributed by atoms with Crippen LogP contribution < -0.4 is 11.1 Å². The fraction of sp³-hybridized carbons (Fsp3) is 0.455. The van der Waals surface area contributed by atoms with E-state index >= 15 is 0 Å². The molecule has 2 amide bonds. The van der Waals surface area contributed by atoms with Crippen LogP contribution >= 0.6 is 0 Å². The molecule has 3 saturated carbocycles. The number of aromatic nitrogens is 2. The summed E-state index contributed by atoms with van der Waals surface area (Å²) < 4.78 is 0. The Balaban J connectivity index is 1.11. The Kier molecular flexibility index (Phi) is 7.41. The summed E-state index contributed by atoms with van der Waals surface area (Å²) in [5, 5.41) is 12.0. The van der Waals surface area contributed by atoms with E-state index in [9.17, 15) is 9.59 Å². The van der Waals surface area contributed by atoms with E-state index in [4.69, 9.17) is 5.73 Å². The van der Waals surface area contributed by atoms with E-state index in [2.05, 4.69) is 39.8 Å². The molecule has 3 aliphatic carbocycles. The predicted molar refractivity (Wildman–Crippen MR) is 157 cm³/mol. The van der Waals surface area contributed by atoms with Crippen LogP contribution in [0.4, 0.5) is 5.82 Å². The van der Waals surface area contributed by atoms with Gasteiger partial charge in [0.2, 0.25) is 11.8 Å². The largest absolute Gasteiger partial charge is 0.343 e. The van der Waals surface area contributed by atoms with Gasteiger partial charge in [0.05, 0.1) is 0 Å². The van der Waals surface area contributed by atoms with Crippen molar-refractivity contribution in [2.24, 2.45) is 17.6 Å². The predicted octanol–water partition coefficient (Wildman–Crippen LogP) is 5.90. The molecular weight excluding hydrogens is 498 g/mol. The van der Waals surface area contributed by atoms with Gasteiger partial charge in [-0.1, -0.05) is 61.0 Å². The summed E-state index contributed by atoms with van der Waals surface area (Å²) >= 11 is 0. The minimum absolute atomic E-state index is 0.0366. The number of hydrogen-bond acceptors (Lipinski definition) is 5. The van der Waals surface area contributed by atoms with E-state index in [1.54, 1.807) is 0 Å². The number of nitrogens with zero attached hydrogens (tertiary/aromatic N) is 3. The summed E-state index contributed by atoms with van der Waals surface area (Å²) in [4.78, 5) is 27.6. The van der Waals surface area contributed by atoms with Gasteiger partial charge < -0.3 is 16.0 Å². The second-order valence-electron chi connectivity index (χ2n) is 12.1. The van der Waals surface area contributed by atoms with Gasteiger partial charge in [0.25, 0.3) is 0 Å². The van der Waals surface area contributed by atoms with Gasteiger partial charge in [-0.25, -0.2) is 0 Å². The minimum atomic E-state index is -0.177. The number of rotatable bonds is 8. The molecule has 6 rings (SSSR count). The number of benzene rings is 2. The molecule has 0 bridgehead atoms. The first-order valence-electron chi connectivity index (χ1n) is 14.8.